The fraction of sp³-hybridized carbons (Fsp3) is 0.438. The van der Waals surface area contributed by atoms with E-state index in [9.17, 15) is 4.79 Å². The second-order valence-electron chi connectivity index (χ2n) is 5.82. The van der Waals surface area contributed by atoms with Crippen LogP contribution in [-0.4, -0.2) is 53.2 Å². The Hall–Kier alpha value is -2.37. The van der Waals surface area contributed by atoms with Gasteiger partial charge in [-0.1, -0.05) is 12.1 Å². The number of cyclic esters (lactones) is 1. The first-order valence-corrected chi connectivity index (χ1v) is 7.64. The number of ether oxygens (including phenoxy) is 1. The summed E-state index contributed by atoms with van der Waals surface area (Å²) < 4.78 is 5.04. The molecule has 4 rings (SSSR count). The van der Waals surface area contributed by atoms with Crippen LogP contribution in [0.15, 0.2) is 24.3 Å². The largest absolute Gasteiger partial charge is 0.448 e. The molecule has 6 nitrogen and oxygen atoms in total. The van der Waals surface area contributed by atoms with Crippen LogP contribution in [0.25, 0.3) is 11.0 Å². The molecule has 1 aromatic heterocycles. The molecule has 0 saturated carbocycles. The number of hydrogen-bond donors (Lipinski definition) is 0. The van der Waals surface area contributed by atoms with Gasteiger partial charge in [-0.3, -0.25) is 4.90 Å². The maximum atomic E-state index is 11.7. The predicted molar refractivity (Wildman–Crippen MR) is 82.9 cm³/mol. The van der Waals surface area contributed by atoms with Gasteiger partial charge in [0, 0.05) is 13.1 Å². The van der Waals surface area contributed by atoms with Gasteiger partial charge in [-0.25, -0.2) is 14.8 Å². The molecule has 0 radical (unpaired) electrons. The molecular weight excluding hydrogens is 280 g/mol. The van der Waals surface area contributed by atoms with E-state index in [0.29, 0.717) is 13.2 Å². The summed E-state index contributed by atoms with van der Waals surface area (Å²) in [5, 5.41) is 0. The smallest absolute Gasteiger partial charge is 0.410 e. The zero-order valence-corrected chi connectivity index (χ0v) is 12.5. The van der Waals surface area contributed by atoms with Gasteiger partial charge in [0.05, 0.1) is 29.3 Å². The van der Waals surface area contributed by atoms with E-state index in [-0.39, 0.29) is 12.1 Å². The quantitative estimate of drug-likeness (QED) is 0.848. The molecule has 1 aromatic carbocycles. The van der Waals surface area contributed by atoms with E-state index >= 15 is 0 Å². The fourth-order valence-corrected chi connectivity index (χ4v) is 3.30. The minimum absolute atomic E-state index is 0.187. The van der Waals surface area contributed by atoms with E-state index in [1.807, 2.05) is 36.1 Å². The minimum atomic E-state index is -0.187. The number of fused-ring (bicyclic) bond motifs is 1. The monoisotopic (exact) mass is 298 g/mol. The third-order valence-electron chi connectivity index (χ3n) is 4.42. The van der Waals surface area contributed by atoms with Crippen LogP contribution in [0.4, 0.5) is 10.6 Å². The summed E-state index contributed by atoms with van der Waals surface area (Å²) in [4.78, 5) is 25.2. The Morgan fingerprint density at radius 3 is 2.68 bits per heavy atom. The van der Waals surface area contributed by atoms with Gasteiger partial charge in [0.1, 0.15) is 6.61 Å². The van der Waals surface area contributed by atoms with E-state index < -0.39 is 0 Å². The number of para-hydroxylation sites is 2. The molecule has 2 aliphatic rings. The molecule has 0 spiro atoms. The number of anilines is 1. The van der Waals surface area contributed by atoms with Gasteiger partial charge < -0.3 is 9.64 Å². The van der Waals surface area contributed by atoms with Gasteiger partial charge in [0.25, 0.3) is 0 Å². The molecule has 2 saturated heterocycles. The lowest BCUT2D eigenvalue weighted by Gasteiger charge is -2.23. The molecule has 0 N–H and O–H groups in total. The van der Waals surface area contributed by atoms with Crippen molar-refractivity contribution in [2.45, 2.75) is 19.4 Å². The molecule has 0 aliphatic carbocycles. The molecule has 2 aromatic rings. The van der Waals surface area contributed by atoms with Gasteiger partial charge in [-0.2, -0.15) is 0 Å². The number of aromatic nitrogens is 2. The zero-order valence-electron chi connectivity index (χ0n) is 12.5. The van der Waals surface area contributed by atoms with Crippen LogP contribution in [0.2, 0.25) is 0 Å². The van der Waals surface area contributed by atoms with Crippen molar-refractivity contribution in [3.63, 3.8) is 0 Å². The maximum Gasteiger partial charge on any atom is 0.410 e. The highest BCUT2D eigenvalue weighted by Crippen LogP contribution is 2.26. The summed E-state index contributed by atoms with van der Waals surface area (Å²) in [6.45, 7) is 4.88. The number of amides is 1. The van der Waals surface area contributed by atoms with Gasteiger partial charge in [-0.05, 0) is 25.5 Å². The van der Waals surface area contributed by atoms with Gasteiger partial charge >= 0.3 is 6.09 Å². The summed E-state index contributed by atoms with van der Waals surface area (Å²) in [7, 11) is 0. The van der Waals surface area contributed by atoms with Crippen LogP contribution in [0, 0.1) is 6.92 Å². The molecule has 2 fully saturated rings. The Morgan fingerprint density at radius 1 is 1.18 bits per heavy atom. The van der Waals surface area contributed by atoms with Crippen molar-refractivity contribution >= 4 is 22.9 Å². The minimum Gasteiger partial charge on any atom is -0.448 e. The lowest BCUT2D eigenvalue weighted by atomic mass is 10.2. The summed E-state index contributed by atoms with van der Waals surface area (Å²) in [6.07, 6.45) is 0.761. The Kier molecular flexibility index (Phi) is 3.10. The first-order chi connectivity index (χ1) is 10.7. The highest BCUT2D eigenvalue weighted by molar-refractivity contribution is 5.76. The molecule has 0 bridgehead atoms. The number of benzene rings is 1. The number of aryl methyl sites for hydroxylation is 1. The van der Waals surface area contributed by atoms with Crippen molar-refractivity contribution in [3.8, 4) is 0 Å². The van der Waals surface area contributed by atoms with Gasteiger partial charge in [0.2, 0.25) is 0 Å². The lowest BCUT2D eigenvalue weighted by molar-refractivity contribution is 0.150. The highest BCUT2D eigenvalue weighted by atomic mass is 16.6. The average Bonchev–Trinajstić information content (AvgIpc) is 3.15. The number of nitrogens with zero attached hydrogens (tertiary/aromatic N) is 4. The molecular formula is C16H18N4O2. The third-order valence-corrected chi connectivity index (χ3v) is 4.42. The van der Waals surface area contributed by atoms with Crippen LogP contribution < -0.4 is 4.90 Å². The van der Waals surface area contributed by atoms with Crippen molar-refractivity contribution in [3.05, 3.63) is 30.0 Å². The number of rotatable bonds is 2. The SMILES string of the molecule is Cc1nc2ccccc2nc1N1CCC(N2CCOC2=O)C1. The van der Waals surface area contributed by atoms with Crippen molar-refractivity contribution < 1.29 is 9.53 Å². The topological polar surface area (TPSA) is 58.6 Å². The van der Waals surface area contributed by atoms with E-state index in [0.717, 1.165) is 42.1 Å². The van der Waals surface area contributed by atoms with E-state index in [4.69, 9.17) is 9.72 Å². The van der Waals surface area contributed by atoms with Crippen LogP contribution in [0.1, 0.15) is 12.1 Å². The first-order valence-electron chi connectivity index (χ1n) is 7.64. The van der Waals surface area contributed by atoms with Crippen LogP contribution >= 0.6 is 0 Å². The molecule has 114 valence electrons. The molecule has 3 heterocycles. The molecule has 22 heavy (non-hydrogen) atoms. The summed E-state index contributed by atoms with van der Waals surface area (Å²) in [5.41, 5.74) is 2.76. The summed E-state index contributed by atoms with van der Waals surface area (Å²) in [5.74, 6) is 0.925. The van der Waals surface area contributed by atoms with Crippen LogP contribution in [-0.2, 0) is 4.74 Å². The van der Waals surface area contributed by atoms with E-state index in [1.165, 1.54) is 0 Å². The Morgan fingerprint density at radius 2 is 1.95 bits per heavy atom. The number of carbonyl (C=O) groups is 1. The maximum absolute atomic E-state index is 11.7. The summed E-state index contributed by atoms with van der Waals surface area (Å²) >= 11 is 0. The van der Waals surface area contributed by atoms with Crippen molar-refractivity contribution in [2.24, 2.45) is 0 Å². The molecule has 1 amide bonds. The van der Waals surface area contributed by atoms with Gasteiger partial charge in [0.15, 0.2) is 5.82 Å². The first kappa shape index (κ1) is 13.3. The Labute approximate surface area is 128 Å². The fourth-order valence-electron chi connectivity index (χ4n) is 3.30. The Bertz CT molecular complexity index is 733. The average molecular weight is 298 g/mol. The second-order valence-corrected chi connectivity index (χ2v) is 5.82. The van der Waals surface area contributed by atoms with Crippen LogP contribution in [0.5, 0.6) is 0 Å². The standard InChI is InChI=1S/C16H18N4O2/c1-11-15(18-14-5-3-2-4-13(14)17-11)19-7-6-12(10-19)20-8-9-22-16(20)21/h2-5,12H,6-10H2,1H3. The molecule has 6 heteroatoms. The normalized spacial score (nSPS) is 21.7. The predicted octanol–water partition coefficient (Wildman–Crippen LogP) is 1.97. The highest BCUT2D eigenvalue weighted by Gasteiger charge is 2.35. The van der Waals surface area contributed by atoms with Crippen LogP contribution in [0.3, 0.4) is 0 Å². The van der Waals surface area contributed by atoms with Gasteiger partial charge in [-0.15, -0.1) is 0 Å². The molecule has 1 atom stereocenters. The van der Waals surface area contributed by atoms with E-state index in [1.54, 1.807) is 0 Å². The van der Waals surface area contributed by atoms with Crippen molar-refractivity contribution in [1.29, 1.82) is 0 Å². The van der Waals surface area contributed by atoms with Crippen molar-refractivity contribution in [2.75, 3.05) is 31.1 Å². The summed E-state index contributed by atoms with van der Waals surface area (Å²) in [6, 6.07) is 8.12. The van der Waals surface area contributed by atoms with E-state index in [2.05, 4.69) is 9.88 Å². The molecule has 1 unspecified atom stereocenters. The van der Waals surface area contributed by atoms with Crippen molar-refractivity contribution in [1.82, 2.24) is 14.9 Å². The number of carbonyl (C=O) groups excluding carboxylic acids is 1. The lowest BCUT2D eigenvalue weighted by Crippen LogP contribution is -2.38. The zero-order chi connectivity index (χ0) is 15.1. The third kappa shape index (κ3) is 2.15. The second kappa shape index (κ2) is 5.12. The molecule has 2 aliphatic heterocycles. The number of hydrogen-bond acceptors (Lipinski definition) is 5. The Balaban J connectivity index is 1.60.